The van der Waals surface area contributed by atoms with Crippen molar-refractivity contribution < 1.29 is 23.0 Å². The van der Waals surface area contributed by atoms with Gasteiger partial charge in [0.25, 0.3) is 0 Å². The summed E-state index contributed by atoms with van der Waals surface area (Å²) in [7, 11) is 0. The van der Waals surface area contributed by atoms with Crippen LogP contribution in [0.5, 0.6) is 5.75 Å². The number of nitrogens with zero attached hydrogens (tertiary/aromatic N) is 1. The summed E-state index contributed by atoms with van der Waals surface area (Å²) in [4.78, 5) is 4.10. The van der Waals surface area contributed by atoms with Gasteiger partial charge in [0.1, 0.15) is 5.75 Å². The Labute approximate surface area is 161 Å². The number of hydrogen-bond acceptors (Lipinski definition) is 3. The quantitative estimate of drug-likeness (QED) is 0.348. The highest BCUT2D eigenvalue weighted by Gasteiger charge is 2.31. The number of aliphatic hydroxyl groups is 1. The smallest absolute Gasteiger partial charge is 0.406 e. The molecule has 0 spiro atoms. The van der Waals surface area contributed by atoms with Crippen LogP contribution >= 0.6 is 24.0 Å². The first kappa shape index (κ1) is 21.8. The van der Waals surface area contributed by atoms with Crippen molar-refractivity contribution in [3.05, 3.63) is 29.8 Å². The Morgan fingerprint density at radius 3 is 2.40 bits per heavy atom. The molecule has 4 N–H and O–H groups in total. The van der Waals surface area contributed by atoms with Gasteiger partial charge in [0.15, 0.2) is 5.96 Å². The summed E-state index contributed by atoms with van der Waals surface area (Å²) in [5.74, 6) is -0.0570. The standard InChI is InChI=1S/C16H22F3N3O2.HI/c17-16(18,19)24-13-8-6-11(7-9-13)14(23)10-21-15(20)22-12-4-2-1-3-5-12;/h6-9,12,14,23H,1-5,10H2,(H3,20,21,22);1H. The summed E-state index contributed by atoms with van der Waals surface area (Å²) in [6.45, 7) is 0.0328. The molecule has 2 rings (SSSR count). The normalized spacial score (nSPS) is 17.5. The molecule has 1 aliphatic rings. The second-order valence-electron chi connectivity index (χ2n) is 5.84. The first-order valence-electron chi connectivity index (χ1n) is 7.94. The molecular formula is C16H23F3IN3O2. The summed E-state index contributed by atoms with van der Waals surface area (Å²) >= 11 is 0. The number of benzene rings is 1. The van der Waals surface area contributed by atoms with E-state index in [9.17, 15) is 18.3 Å². The lowest BCUT2D eigenvalue weighted by molar-refractivity contribution is -0.274. The third-order valence-electron chi connectivity index (χ3n) is 3.89. The lowest BCUT2D eigenvalue weighted by Gasteiger charge is -2.23. The fourth-order valence-corrected chi connectivity index (χ4v) is 2.68. The summed E-state index contributed by atoms with van der Waals surface area (Å²) in [6.07, 6.45) is 0.00123. The highest BCUT2D eigenvalue weighted by atomic mass is 127. The third kappa shape index (κ3) is 8.13. The zero-order valence-corrected chi connectivity index (χ0v) is 16.0. The van der Waals surface area contributed by atoms with Crippen molar-refractivity contribution in [3.8, 4) is 5.75 Å². The van der Waals surface area contributed by atoms with Crippen LogP contribution in [0, 0.1) is 0 Å². The molecule has 0 aromatic heterocycles. The summed E-state index contributed by atoms with van der Waals surface area (Å²) < 4.78 is 40.1. The predicted molar refractivity (Wildman–Crippen MR) is 100.0 cm³/mol. The molecule has 1 aliphatic carbocycles. The van der Waals surface area contributed by atoms with E-state index in [-0.39, 0.29) is 42.2 Å². The maximum Gasteiger partial charge on any atom is 0.573 e. The van der Waals surface area contributed by atoms with Gasteiger partial charge in [0, 0.05) is 6.04 Å². The average molecular weight is 473 g/mol. The maximum atomic E-state index is 12.1. The van der Waals surface area contributed by atoms with Crippen molar-refractivity contribution in [2.24, 2.45) is 10.7 Å². The summed E-state index contributed by atoms with van der Waals surface area (Å²) in [5.41, 5.74) is 6.25. The number of rotatable bonds is 5. The molecule has 142 valence electrons. The van der Waals surface area contributed by atoms with Gasteiger partial charge in [-0.25, -0.2) is 0 Å². The molecule has 0 heterocycles. The van der Waals surface area contributed by atoms with Crippen LogP contribution in [-0.4, -0.2) is 30.0 Å². The topological polar surface area (TPSA) is 79.9 Å². The molecule has 9 heteroatoms. The SMILES string of the molecule is I.NC(=NCC(O)c1ccc(OC(F)(F)F)cc1)NC1CCCCC1. The first-order valence-corrected chi connectivity index (χ1v) is 7.94. The Balaban J connectivity index is 0.00000312. The molecule has 1 aromatic carbocycles. The Morgan fingerprint density at radius 2 is 1.84 bits per heavy atom. The Bertz CT molecular complexity index is 547. The number of guanidine groups is 1. The Kier molecular flexibility index (Phi) is 8.77. The monoisotopic (exact) mass is 473 g/mol. The van der Waals surface area contributed by atoms with Crippen LogP contribution in [0.25, 0.3) is 0 Å². The number of halogens is 4. The molecule has 1 fully saturated rings. The first-order chi connectivity index (χ1) is 11.3. The third-order valence-corrected chi connectivity index (χ3v) is 3.89. The number of nitrogens with two attached hydrogens (primary N) is 1. The van der Waals surface area contributed by atoms with Gasteiger partial charge in [-0.2, -0.15) is 0 Å². The van der Waals surface area contributed by atoms with Gasteiger partial charge in [-0.15, -0.1) is 37.1 Å². The van der Waals surface area contributed by atoms with Crippen LogP contribution in [-0.2, 0) is 0 Å². The predicted octanol–water partition coefficient (Wildman–Crippen LogP) is 3.47. The lowest BCUT2D eigenvalue weighted by atomic mass is 9.96. The minimum Gasteiger partial charge on any atom is -0.406 e. The number of nitrogens with one attached hydrogen (secondary N) is 1. The number of alkyl halides is 3. The number of hydrogen-bond donors (Lipinski definition) is 3. The van der Waals surface area contributed by atoms with Crippen LogP contribution in [0.1, 0.15) is 43.8 Å². The molecule has 0 aliphatic heterocycles. The van der Waals surface area contributed by atoms with Crippen LogP contribution in [0.15, 0.2) is 29.3 Å². The fraction of sp³-hybridized carbons (Fsp3) is 0.562. The van der Waals surface area contributed by atoms with E-state index in [4.69, 9.17) is 5.73 Å². The van der Waals surface area contributed by atoms with E-state index in [1.165, 1.54) is 31.4 Å². The molecule has 1 aromatic rings. The minimum absolute atomic E-state index is 0. The van der Waals surface area contributed by atoms with Crippen molar-refractivity contribution in [3.63, 3.8) is 0 Å². The Morgan fingerprint density at radius 1 is 1.24 bits per heavy atom. The van der Waals surface area contributed by atoms with E-state index in [0.717, 1.165) is 25.0 Å². The van der Waals surface area contributed by atoms with Gasteiger partial charge in [-0.1, -0.05) is 31.4 Å². The zero-order valence-electron chi connectivity index (χ0n) is 13.6. The van der Waals surface area contributed by atoms with Gasteiger partial charge in [-0.05, 0) is 30.5 Å². The second kappa shape index (κ2) is 10.0. The molecule has 1 unspecified atom stereocenters. The van der Waals surface area contributed by atoms with Crippen LogP contribution in [0.3, 0.4) is 0 Å². The average Bonchev–Trinajstić information content (AvgIpc) is 2.53. The largest absolute Gasteiger partial charge is 0.573 e. The van der Waals surface area contributed by atoms with Crippen molar-refractivity contribution >= 4 is 29.9 Å². The lowest BCUT2D eigenvalue weighted by Crippen LogP contribution is -2.41. The zero-order chi connectivity index (χ0) is 17.6. The van der Waals surface area contributed by atoms with E-state index in [1.807, 2.05) is 0 Å². The molecule has 0 radical (unpaired) electrons. The van der Waals surface area contributed by atoms with Gasteiger partial charge in [0.05, 0.1) is 12.6 Å². The second-order valence-corrected chi connectivity index (χ2v) is 5.84. The van der Waals surface area contributed by atoms with E-state index in [2.05, 4.69) is 15.0 Å². The van der Waals surface area contributed by atoms with Crippen LogP contribution in [0.2, 0.25) is 0 Å². The number of ether oxygens (including phenoxy) is 1. The maximum absolute atomic E-state index is 12.1. The molecule has 0 amide bonds. The van der Waals surface area contributed by atoms with Gasteiger partial charge >= 0.3 is 6.36 Å². The van der Waals surface area contributed by atoms with Crippen LogP contribution < -0.4 is 15.8 Å². The van der Waals surface area contributed by atoms with E-state index >= 15 is 0 Å². The van der Waals surface area contributed by atoms with E-state index < -0.39 is 12.5 Å². The minimum atomic E-state index is -4.73. The summed E-state index contributed by atoms with van der Waals surface area (Å²) in [6, 6.07) is 5.36. The van der Waals surface area contributed by atoms with Gasteiger partial charge < -0.3 is 20.9 Å². The van der Waals surface area contributed by atoms with Crippen molar-refractivity contribution in [1.29, 1.82) is 0 Å². The molecule has 25 heavy (non-hydrogen) atoms. The number of aliphatic imine (C=N–C) groups is 1. The van der Waals surface area contributed by atoms with Gasteiger partial charge in [-0.3, -0.25) is 4.99 Å². The van der Waals surface area contributed by atoms with E-state index in [0.29, 0.717) is 11.6 Å². The van der Waals surface area contributed by atoms with Crippen molar-refractivity contribution in [2.75, 3.05) is 6.54 Å². The molecule has 5 nitrogen and oxygen atoms in total. The highest BCUT2D eigenvalue weighted by Crippen LogP contribution is 2.24. The molecule has 1 saturated carbocycles. The van der Waals surface area contributed by atoms with Gasteiger partial charge in [0.2, 0.25) is 0 Å². The van der Waals surface area contributed by atoms with Crippen molar-refractivity contribution in [2.45, 2.75) is 50.6 Å². The summed E-state index contributed by atoms with van der Waals surface area (Å²) in [5, 5.41) is 13.2. The molecule has 0 bridgehead atoms. The highest BCUT2D eigenvalue weighted by molar-refractivity contribution is 14.0. The molecule has 1 atom stereocenters. The van der Waals surface area contributed by atoms with E-state index in [1.54, 1.807) is 0 Å². The molecular weight excluding hydrogens is 450 g/mol. The Hall–Kier alpha value is -1.23. The number of aliphatic hydroxyl groups excluding tert-OH is 1. The van der Waals surface area contributed by atoms with Crippen LogP contribution in [0.4, 0.5) is 13.2 Å². The molecule has 0 saturated heterocycles. The van der Waals surface area contributed by atoms with Crippen molar-refractivity contribution in [1.82, 2.24) is 5.32 Å². The fourth-order valence-electron chi connectivity index (χ4n) is 2.68.